The van der Waals surface area contributed by atoms with Crippen LogP contribution in [0, 0.1) is 6.92 Å². The number of alkyl halides is 1. The van der Waals surface area contributed by atoms with Crippen molar-refractivity contribution in [2.24, 2.45) is 0 Å². The molecule has 13 heavy (non-hydrogen) atoms. The number of benzene rings is 1. The van der Waals surface area contributed by atoms with Crippen LogP contribution in [-0.2, 0) is 0 Å². The Morgan fingerprint density at radius 3 is 2.77 bits per heavy atom. The molecule has 1 nitrogen and oxygen atoms in total. The van der Waals surface area contributed by atoms with Crippen molar-refractivity contribution in [2.45, 2.75) is 13.3 Å². The molecule has 0 aromatic heterocycles. The molecule has 0 saturated heterocycles. The van der Waals surface area contributed by atoms with Crippen LogP contribution in [-0.4, -0.2) is 5.88 Å². The molecule has 1 aromatic carbocycles. The quantitative estimate of drug-likeness (QED) is 0.582. The van der Waals surface area contributed by atoms with Crippen molar-refractivity contribution in [1.29, 1.82) is 0 Å². The lowest BCUT2D eigenvalue weighted by molar-refractivity contribution is 1.24. The Balaban J connectivity index is 2.77. The molecule has 0 aliphatic heterocycles. The van der Waals surface area contributed by atoms with E-state index in [1.165, 1.54) is 5.56 Å². The van der Waals surface area contributed by atoms with Crippen molar-refractivity contribution in [3.63, 3.8) is 0 Å². The topological polar surface area (TPSA) is 26.0 Å². The van der Waals surface area contributed by atoms with Crippen molar-refractivity contribution in [3.05, 3.63) is 35.4 Å². The van der Waals surface area contributed by atoms with Crippen molar-refractivity contribution in [2.75, 3.05) is 11.6 Å². The largest absolute Gasteiger partial charge is 0.399 e. The predicted molar refractivity (Wildman–Crippen MR) is 60.0 cm³/mol. The molecule has 70 valence electrons. The third kappa shape index (κ3) is 3.51. The maximum atomic E-state index is 5.70. The highest BCUT2D eigenvalue weighted by molar-refractivity contribution is 6.17. The molecule has 0 aliphatic carbocycles. The highest BCUT2D eigenvalue weighted by atomic mass is 35.5. The van der Waals surface area contributed by atoms with Gasteiger partial charge in [-0.2, -0.15) is 0 Å². The Bertz CT molecular complexity index is 285. The van der Waals surface area contributed by atoms with Gasteiger partial charge >= 0.3 is 0 Å². The summed E-state index contributed by atoms with van der Waals surface area (Å²) in [6, 6.07) is 6.01. The Hall–Kier alpha value is -0.950. The van der Waals surface area contributed by atoms with E-state index in [0.29, 0.717) is 5.88 Å². The van der Waals surface area contributed by atoms with Crippen LogP contribution in [0.4, 0.5) is 5.69 Å². The second-order valence-electron chi connectivity index (χ2n) is 3.06. The Morgan fingerprint density at radius 2 is 2.15 bits per heavy atom. The lowest BCUT2D eigenvalue weighted by Gasteiger charge is -1.99. The third-order valence-electron chi connectivity index (χ3n) is 1.71. The van der Waals surface area contributed by atoms with Crippen molar-refractivity contribution < 1.29 is 0 Å². The monoisotopic (exact) mass is 195 g/mol. The highest BCUT2D eigenvalue weighted by Gasteiger charge is 1.91. The SMILES string of the molecule is Cc1cc(N)cc(C=CCCCl)c1. The van der Waals surface area contributed by atoms with Gasteiger partial charge in [0.25, 0.3) is 0 Å². The van der Waals surface area contributed by atoms with Gasteiger partial charge < -0.3 is 5.73 Å². The molecule has 0 saturated carbocycles. The van der Waals surface area contributed by atoms with Crippen LogP contribution < -0.4 is 5.73 Å². The third-order valence-corrected chi connectivity index (χ3v) is 1.93. The van der Waals surface area contributed by atoms with E-state index in [9.17, 15) is 0 Å². The maximum Gasteiger partial charge on any atom is 0.0322 e. The van der Waals surface area contributed by atoms with Crippen LogP contribution in [0.25, 0.3) is 6.08 Å². The summed E-state index contributed by atoms with van der Waals surface area (Å²) in [6.45, 7) is 2.04. The average Bonchev–Trinajstić information content (AvgIpc) is 2.03. The highest BCUT2D eigenvalue weighted by Crippen LogP contribution is 2.12. The maximum absolute atomic E-state index is 5.70. The molecule has 2 heteroatoms. The van der Waals surface area contributed by atoms with Gasteiger partial charge in [0.05, 0.1) is 0 Å². The van der Waals surface area contributed by atoms with Gasteiger partial charge in [-0.1, -0.05) is 18.2 Å². The van der Waals surface area contributed by atoms with Crippen molar-refractivity contribution in [1.82, 2.24) is 0 Å². The molecule has 0 spiro atoms. The van der Waals surface area contributed by atoms with Gasteiger partial charge in [0.15, 0.2) is 0 Å². The Labute approximate surface area is 84.2 Å². The first-order valence-electron chi connectivity index (χ1n) is 4.32. The van der Waals surface area contributed by atoms with Crippen LogP contribution >= 0.6 is 11.6 Å². The number of allylic oxidation sites excluding steroid dienone is 1. The molecule has 2 N–H and O–H groups in total. The van der Waals surface area contributed by atoms with Gasteiger partial charge in [-0.3, -0.25) is 0 Å². The first kappa shape index (κ1) is 10.1. The van der Waals surface area contributed by atoms with Crippen LogP contribution in [0.2, 0.25) is 0 Å². The molecular weight excluding hydrogens is 182 g/mol. The fourth-order valence-electron chi connectivity index (χ4n) is 1.22. The molecule has 0 aliphatic rings. The summed E-state index contributed by atoms with van der Waals surface area (Å²) in [5, 5.41) is 0. The molecular formula is C11H14ClN. The van der Waals surface area contributed by atoms with Crippen molar-refractivity contribution >= 4 is 23.4 Å². The minimum absolute atomic E-state index is 0.664. The molecule has 1 aromatic rings. The van der Waals surface area contributed by atoms with Crippen molar-refractivity contribution in [3.8, 4) is 0 Å². The second-order valence-corrected chi connectivity index (χ2v) is 3.44. The average molecular weight is 196 g/mol. The van der Waals surface area contributed by atoms with E-state index in [4.69, 9.17) is 17.3 Å². The van der Waals surface area contributed by atoms with E-state index >= 15 is 0 Å². The van der Waals surface area contributed by atoms with E-state index in [1.54, 1.807) is 0 Å². The van der Waals surface area contributed by atoms with Gasteiger partial charge in [0, 0.05) is 11.6 Å². The fraction of sp³-hybridized carbons (Fsp3) is 0.273. The van der Waals surface area contributed by atoms with Gasteiger partial charge in [-0.15, -0.1) is 11.6 Å². The fourth-order valence-corrected chi connectivity index (χ4v) is 1.35. The predicted octanol–water partition coefficient (Wildman–Crippen LogP) is 3.22. The first-order valence-corrected chi connectivity index (χ1v) is 4.85. The molecule has 0 bridgehead atoms. The van der Waals surface area contributed by atoms with Crippen LogP contribution in [0.5, 0.6) is 0 Å². The number of rotatable bonds is 3. The molecule has 1 rings (SSSR count). The zero-order valence-electron chi connectivity index (χ0n) is 7.76. The zero-order valence-corrected chi connectivity index (χ0v) is 8.51. The number of hydrogen-bond donors (Lipinski definition) is 1. The van der Waals surface area contributed by atoms with Gasteiger partial charge in [-0.25, -0.2) is 0 Å². The van der Waals surface area contributed by atoms with E-state index in [0.717, 1.165) is 17.7 Å². The van der Waals surface area contributed by atoms with Crippen LogP contribution in [0.1, 0.15) is 17.5 Å². The minimum Gasteiger partial charge on any atom is -0.399 e. The number of halogens is 1. The smallest absolute Gasteiger partial charge is 0.0322 e. The number of nitrogens with two attached hydrogens (primary N) is 1. The first-order chi connectivity index (χ1) is 6.22. The molecule has 0 radical (unpaired) electrons. The summed E-state index contributed by atoms with van der Waals surface area (Å²) >= 11 is 5.55. The lowest BCUT2D eigenvalue weighted by Crippen LogP contribution is -1.86. The van der Waals surface area contributed by atoms with Crippen LogP contribution in [0.3, 0.4) is 0 Å². The molecule has 0 atom stereocenters. The Morgan fingerprint density at radius 1 is 1.38 bits per heavy atom. The Kier molecular flexibility index (Phi) is 3.84. The summed E-state index contributed by atoms with van der Waals surface area (Å²) in [4.78, 5) is 0. The normalized spacial score (nSPS) is 10.9. The van der Waals surface area contributed by atoms with E-state index < -0.39 is 0 Å². The summed E-state index contributed by atoms with van der Waals surface area (Å²) in [6.07, 6.45) is 5.00. The minimum atomic E-state index is 0.664. The summed E-state index contributed by atoms with van der Waals surface area (Å²) in [5.74, 6) is 0.664. The number of nitrogen functional groups attached to an aromatic ring is 1. The lowest BCUT2D eigenvalue weighted by atomic mass is 10.1. The number of hydrogen-bond acceptors (Lipinski definition) is 1. The van der Waals surface area contributed by atoms with Gasteiger partial charge in [-0.05, 0) is 36.6 Å². The van der Waals surface area contributed by atoms with E-state index in [2.05, 4.69) is 12.1 Å². The number of anilines is 1. The molecule has 0 fully saturated rings. The van der Waals surface area contributed by atoms with E-state index in [-0.39, 0.29) is 0 Å². The molecule has 0 amide bonds. The number of aryl methyl sites for hydroxylation is 1. The van der Waals surface area contributed by atoms with Crippen LogP contribution in [0.15, 0.2) is 24.3 Å². The molecule has 0 heterocycles. The molecule has 0 unspecified atom stereocenters. The van der Waals surface area contributed by atoms with Gasteiger partial charge in [0.2, 0.25) is 0 Å². The standard InChI is InChI=1S/C11H14ClN/c1-9-6-10(4-2-3-5-12)8-11(13)7-9/h2,4,6-8H,3,5,13H2,1H3. The van der Waals surface area contributed by atoms with E-state index in [1.807, 2.05) is 25.1 Å². The summed E-state index contributed by atoms with van der Waals surface area (Å²) in [7, 11) is 0. The second kappa shape index (κ2) is 4.93. The summed E-state index contributed by atoms with van der Waals surface area (Å²) in [5.41, 5.74) is 8.84. The van der Waals surface area contributed by atoms with Gasteiger partial charge in [0.1, 0.15) is 0 Å². The zero-order chi connectivity index (χ0) is 9.68. The summed E-state index contributed by atoms with van der Waals surface area (Å²) < 4.78 is 0.